The molecule has 2 heterocycles. The Kier molecular flexibility index (Phi) is 8.44. The molecule has 2 aromatic carbocycles. The van der Waals surface area contributed by atoms with Crippen molar-refractivity contribution in [2.45, 2.75) is 31.7 Å². The van der Waals surface area contributed by atoms with Gasteiger partial charge < -0.3 is 14.8 Å². The number of hydrogen-bond donors (Lipinski definition) is 1. The summed E-state index contributed by atoms with van der Waals surface area (Å²) in [6.45, 7) is 5.39. The van der Waals surface area contributed by atoms with Crippen molar-refractivity contribution in [1.29, 1.82) is 0 Å². The fourth-order valence-electron chi connectivity index (χ4n) is 5.49. The average Bonchev–Trinajstić information content (AvgIpc) is 3.13. The van der Waals surface area contributed by atoms with E-state index in [1.807, 2.05) is 30.3 Å². The Bertz CT molecular complexity index is 1080. The highest BCUT2D eigenvalue weighted by Gasteiger charge is 2.55. The molecule has 1 N–H and O–H groups in total. The lowest BCUT2D eigenvalue weighted by molar-refractivity contribution is -0.134. The lowest BCUT2D eigenvalue weighted by atomic mass is 9.74. The number of likely N-dealkylation sites (tertiary alicyclic amines) is 1. The van der Waals surface area contributed by atoms with E-state index in [4.69, 9.17) is 9.47 Å². The van der Waals surface area contributed by atoms with Crippen LogP contribution < -0.4 is 10.1 Å². The van der Waals surface area contributed by atoms with E-state index in [-0.39, 0.29) is 24.4 Å². The fourth-order valence-corrected chi connectivity index (χ4v) is 5.49. The third-order valence-electron chi connectivity index (χ3n) is 7.31. The lowest BCUT2D eigenvalue weighted by Crippen LogP contribution is -2.57. The monoisotopic (exact) mass is 491 g/mol. The van der Waals surface area contributed by atoms with E-state index in [2.05, 4.69) is 47.5 Å². The molecule has 2 fully saturated rings. The van der Waals surface area contributed by atoms with Crippen LogP contribution in [0.3, 0.4) is 0 Å². The smallest absolute Gasteiger partial charge is 0.325 e. The third kappa shape index (κ3) is 5.79. The van der Waals surface area contributed by atoms with Gasteiger partial charge in [0, 0.05) is 20.1 Å². The van der Waals surface area contributed by atoms with Gasteiger partial charge in [0.15, 0.2) is 0 Å². The van der Waals surface area contributed by atoms with Crippen LogP contribution in [0.5, 0.6) is 5.75 Å². The van der Waals surface area contributed by atoms with Crippen molar-refractivity contribution < 1.29 is 19.1 Å². The second-order valence-electron chi connectivity index (χ2n) is 9.83. The Balaban J connectivity index is 1.50. The van der Waals surface area contributed by atoms with E-state index >= 15 is 0 Å². The first-order valence-corrected chi connectivity index (χ1v) is 12.7. The van der Waals surface area contributed by atoms with Gasteiger partial charge in [0.1, 0.15) is 11.3 Å². The lowest BCUT2D eigenvalue weighted by Gasteiger charge is -2.41. The molecule has 2 aliphatic heterocycles. The van der Waals surface area contributed by atoms with Crippen molar-refractivity contribution in [3.8, 4) is 5.75 Å². The van der Waals surface area contributed by atoms with E-state index in [0.717, 1.165) is 43.8 Å². The van der Waals surface area contributed by atoms with Gasteiger partial charge in [-0.3, -0.25) is 14.6 Å². The van der Waals surface area contributed by atoms with Crippen molar-refractivity contribution in [3.05, 3.63) is 71.3 Å². The number of hydrogen-bond acceptors (Lipinski definition) is 5. The molecule has 7 heteroatoms. The van der Waals surface area contributed by atoms with E-state index < -0.39 is 5.54 Å². The van der Waals surface area contributed by atoms with Gasteiger partial charge in [-0.1, -0.05) is 54.1 Å². The van der Waals surface area contributed by atoms with Crippen molar-refractivity contribution >= 4 is 18.0 Å². The minimum atomic E-state index is -0.960. The number of benzene rings is 2. The number of carbonyl (C=O) groups is 2. The molecule has 0 radical (unpaired) electrons. The molecule has 7 nitrogen and oxygen atoms in total. The van der Waals surface area contributed by atoms with Crippen molar-refractivity contribution in [2.75, 3.05) is 47.0 Å². The summed E-state index contributed by atoms with van der Waals surface area (Å²) in [7, 11) is 3.21. The first-order chi connectivity index (χ1) is 17.4. The summed E-state index contributed by atoms with van der Waals surface area (Å²) in [6, 6.07) is 17.8. The number of piperidine rings is 1. The first-order valence-electron chi connectivity index (χ1n) is 12.7. The molecule has 36 heavy (non-hydrogen) atoms. The molecule has 3 amide bonds. The zero-order valence-corrected chi connectivity index (χ0v) is 21.5. The minimum Gasteiger partial charge on any atom is -0.497 e. The molecule has 2 aliphatic rings. The normalized spacial score (nSPS) is 21.6. The molecular formula is C29H37N3O4. The number of urea groups is 1. The Morgan fingerprint density at radius 1 is 1.08 bits per heavy atom. The van der Waals surface area contributed by atoms with Gasteiger partial charge in [-0.2, -0.15) is 0 Å². The number of methoxy groups -OCH3 is 2. The number of imide groups is 1. The van der Waals surface area contributed by atoms with Crippen molar-refractivity contribution in [3.63, 3.8) is 0 Å². The summed E-state index contributed by atoms with van der Waals surface area (Å²) in [5, 5.41) is 3.13. The third-order valence-corrected chi connectivity index (χ3v) is 7.31. The highest BCUT2D eigenvalue weighted by atomic mass is 16.5. The Morgan fingerprint density at radius 3 is 2.53 bits per heavy atom. The van der Waals surface area contributed by atoms with Crippen LogP contribution in [0.1, 0.15) is 30.9 Å². The summed E-state index contributed by atoms with van der Waals surface area (Å²) in [6.07, 6.45) is 4.35. The maximum absolute atomic E-state index is 13.8. The van der Waals surface area contributed by atoms with Crippen LogP contribution in [0.25, 0.3) is 6.08 Å². The molecule has 2 aromatic rings. The summed E-state index contributed by atoms with van der Waals surface area (Å²) in [5.41, 5.74) is 2.53. The van der Waals surface area contributed by atoms with Gasteiger partial charge in [-0.05, 0) is 62.0 Å². The predicted octanol–water partition coefficient (Wildman–Crippen LogP) is 3.99. The molecule has 0 unspecified atom stereocenters. The Hall–Kier alpha value is -3.16. The highest BCUT2D eigenvalue weighted by Crippen LogP contribution is 2.37. The predicted molar refractivity (Wildman–Crippen MR) is 141 cm³/mol. The molecule has 4 rings (SSSR count). The SMILES string of the molecule is COCCN1C(=O)N[C@](Cc2cccc(OC)c2)(C2CCN(C/C(C)=C/c3ccccc3)CC2)C1=O. The average molecular weight is 492 g/mol. The van der Waals surface area contributed by atoms with Gasteiger partial charge in [0.25, 0.3) is 5.91 Å². The van der Waals surface area contributed by atoms with Crippen LogP contribution in [0, 0.1) is 5.92 Å². The van der Waals surface area contributed by atoms with E-state index in [1.165, 1.54) is 16.0 Å². The Morgan fingerprint density at radius 2 is 1.83 bits per heavy atom. The Labute approximate surface area is 214 Å². The number of nitrogens with zero attached hydrogens (tertiary/aromatic N) is 2. The van der Waals surface area contributed by atoms with Crippen LogP contribution in [-0.2, 0) is 16.0 Å². The van der Waals surface area contributed by atoms with Gasteiger partial charge in [0.05, 0.1) is 20.3 Å². The number of nitrogens with one attached hydrogen (secondary N) is 1. The van der Waals surface area contributed by atoms with Crippen LogP contribution >= 0.6 is 0 Å². The zero-order chi connectivity index (χ0) is 25.5. The summed E-state index contributed by atoms with van der Waals surface area (Å²) in [4.78, 5) is 30.5. The van der Waals surface area contributed by atoms with Crippen LogP contribution in [0.4, 0.5) is 4.79 Å². The largest absolute Gasteiger partial charge is 0.497 e. The van der Waals surface area contributed by atoms with Gasteiger partial charge in [-0.15, -0.1) is 0 Å². The molecule has 0 spiro atoms. The summed E-state index contributed by atoms with van der Waals surface area (Å²) < 4.78 is 10.6. The van der Waals surface area contributed by atoms with Crippen molar-refractivity contribution in [1.82, 2.24) is 15.1 Å². The summed E-state index contributed by atoms with van der Waals surface area (Å²) >= 11 is 0. The maximum Gasteiger partial charge on any atom is 0.325 e. The molecular weight excluding hydrogens is 454 g/mol. The van der Waals surface area contributed by atoms with Crippen LogP contribution in [0.2, 0.25) is 0 Å². The van der Waals surface area contributed by atoms with E-state index in [1.54, 1.807) is 14.2 Å². The number of rotatable bonds is 10. The second-order valence-corrected chi connectivity index (χ2v) is 9.83. The van der Waals surface area contributed by atoms with Gasteiger partial charge in [-0.25, -0.2) is 4.79 Å². The van der Waals surface area contributed by atoms with E-state index in [0.29, 0.717) is 13.0 Å². The fraction of sp³-hybridized carbons (Fsp3) is 0.448. The van der Waals surface area contributed by atoms with Crippen LogP contribution in [0.15, 0.2) is 60.2 Å². The quantitative estimate of drug-likeness (QED) is 0.509. The van der Waals surface area contributed by atoms with Gasteiger partial charge in [0.2, 0.25) is 0 Å². The maximum atomic E-state index is 13.8. The van der Waals surface area contributed by atoms with Crippen LogP contribution in [-0.4, -0.2) is 74.3 Å². The number of ether oxygens (including phenoxy) is 2. The van der Waals surface area contributed by atoms with E-state index in [9.17, 15) is 9.59 Å². The topological polar surface area (TPSA) is 71.1 Å². The first kappa shape index (κ1) is 25.9. The standard InChI is InChI=1S/C29H37N3O4/c1-22(18-23-8-5-4-6-9-23)21-31-14-12-25(13-15-31)29(20-24-10-7-11-26(19-24)36-3)27(33)32(16-17-35-2)28(34)30-29/h4-11,18-19,25H,12-17,20-21H2,1-3H3,(H,30,34)/b22-18+/t29-/m1/s1. The molecule has 2 saturated heterocycles. The van der Waals surface area contributed by atoms with Crippen molar-refractivity contribution in [2.24, 2.45) is 5.92 Å². The van der Waals surface area contributed by atoms with Gasteiger partial charge >= 0.3 is 6.03 Å². The minimum absolute atomic E-state index is 0.0438. The summed E-state index contributed by atoms with van der Waals surface area (Å²) in [5.74, 6) is 0.638. The highest BCUT2D eigenvalue weighted by molar-refractivity contribution is 6.07. The number of amides is 3. The molecule has 0 bridgehead atoms. The number of carbonyl (C=O) groups excluding carboxylic acids is 2. The molecule has 0 aliphatic carbocycles. The molecule has 0 saturated carbocycles. The molecule has 192 valence electrons. The molecule has 1 atom stereocenters. The second kappa shape index (κ2) is 11.7. The zero-order valence-electron chi connectivity index (χ0n) is 21.5. The molecule has 0 aromatic heterocycles.